The van der Waals surface area contributed by atoms with E-state index >= 15 is 0 Å². The highest BCUT2D eigenvalue weighted by Gasteiger charge is 2.21. The summed E-state index contributed by atoms with van der Waals surface area (Å²) >= 11 is 0. The lowest BCUT2D eigenvalue weighted by Crippen LogP contribution is -2.24. The van der Waals surface area contributed by atoms with Gasteiger partial charge in [0.25, 0.3) is 0 Å². The highest BCUT2D eigenvalue weighted by Crippen LogP contribution is 2.39. The fourth-order valence-electron chi connectivity index (χ4n) is 3.88. The van der Waals surface area contributed by atoms with Gasteiger partial charge in [0, 0.05) is 35.2 Å². The van der Waals surface area contributed by atoms with Crippen LogP contribution in [0.1, 0.15) is 37.6 Å². The SMILES string of the molecule is CC(C)(C)Oc1cc(NC(=O)O)c(NC(=O)CC(=O)c2cccc(-c3ncc[nH]3)c2)cc1-c1ccc(F)cc1. The topological polar surface area (TPSA) is 133 Å². The van der Waals surface area contributed by atoms with Gasteiger partial charge in [0.1, 0.15) is 23.0 Å². The molecule has 0 aliphatic rings. The summed E-state index contributed by atoms with van der Waals surface area (Å²) in [5.74, 6) is -0.595. The van der Waals surface area contributed by atoms with Crippen molar-refractivity contribution in [1.29, 1.82) is 0 Å². The Morgan fingerprint density at radius 1 is 0.974 bits per heavy atom. The zero-order valence-electron chi connectivity index (χ0n) is 21.5. The van der Waals surface area contributed by atoms with E-state index in [1.807, 2.05) is 20.8 Å². The van der Waals surface area contributed by atoms with Gasteiger partial charge in [-0.05, 0) is 50.6 Å². The second-order valence-corrected chi connectivity index (χ2v) is 9.71. The number of nitrogens with one attached hydrogen (secondary N) is 3. The van der Waals surface area contributed by atoms with Gasteiger partial charge in [-0.3, -0.25) is 14.9 Å². The summed E-state index contributed by atoms with van der Waals surface area (Å²) in [4.78, 5) is 44.5. The summed E-state index contributed by atoms with van der Waals surface area (Å²) in [5.41, 5.74) is 1.61. The minimum Gasteiger partial charge on any atom is -0.487 e. The number of rotatable bonds is 8. The van der Waals surface area contributed by atoms with Crippen molar-refractivity contribution in [2.45, 2.75) is 32.8 Å². The van der Waals surface area contributed by atoms with E-state index in [1.54, 1.807) is 48.8 Å². The van der Waals surface area contributed by atoms with Crippen molar-refractivity contribution < 1.29 is 28.6 Å². The van der Waals surface area contributed by atoms with Gasteiger partial charge in [-0.15, -0.1) is 0 Å². The van der Waals surface area contributed by atoms with Crippen molar-refractivity contribution in [3.8, 4) is 28.3 Å². The summed E-state index contributed by atoms with van der Waals surface area (Å²) in [6.07, 6.45) is 1.42. The van der Waals surface area contributed by atoms with E-state index in [4.69, 9.17) is 4.74 Å². The van der Waals surface area contributed by atoms with Crippen LogP contribution >= 0.6 is 0 Å². The van der Waals surface area contributed by atoms with Crippen LogP contribution in [0.5, 0.6) is 5.75 Å². The number of ketones is 1. The molecule has 10 heteroatoms. The van der Waals surface area contributed by atoms with Crippen molar-refractivity contribution in [2.75, 3.05) is 10.6 Å². The highest BCUT2D eigenvalue weighted by atomic mass is 19.1. The van der Waals surface area contributed by atoms with E-state index in [1.165, 1.54) is 24.3 Å². The number of carbonyl (C=O) groups excluding carboxylic acids is 2. The third kappa shape index (κ3) is 7.07. The molecule has 4 rings (SSSR count). The van der Waals surface area contributed by atoms with E-state index in [2.05, 4.69) is 20.6 Å². The normalized spacial score (nSPS) is 11.1. The van der Waals surface area contributed by atoms with Gasteiger partial charge < -0.3 is 20.1 Å². The molecule has 0 saturated heterocycles. The van der Waals surface area contributed by atoms with Crippen LogP contribution < -0.4 is 15.4 Å². The molecule has 0 aliphatic carbocycles. The Labute approximate surface area is 224 Å². The summed E-state index contributed by atoms with van der Waals surface area (Å²) in [6.45, 7) is 5.48. The predicted molar refractivity (Wildman–Crippen MR) is 145 cm³/mol. The Hall–Kier alpha value is -4.99. The minimum atomic E-state index is -1.35. The number of hydrogen-bond acceptors (Lipinski definition) is 5. The smallest absolute Gasteiger partial charge is 0.409 e. The number of imidazole rings is 1. The van der Waals surface area contributed by atoms with Crippen LogP contribution in [-0.2, 0) is 4.79 Å². The Bertz CT molecular complexity index is 1510. The maximum absolute atomic E-state index is 13.6. The first-order chi connectivity index (χ1) is 18.5. The van der Waals surface area contributed by atoms with E-state index in [9.17, 15) is 23.9 Å². The van der Waals surface area contributed by atoms with Crippen molar-refractivity contribution >= 4 is 29.2 Å². The van der Waals surface area contributed by atoms with Crippen molar-refractivity contribution in [2.24, 2.45) is 0 Å². The number of H-pyrrole nitrogens is 1. The van der Waals surface area contributed by atoms with Crippen molar-refractivity contribution in [3.63, 3.8) is 0 Å². The maximum Gasteiger partial charge on any atom is 0.409 e. The van der Waals surface area contributed by atoms with Crippen LogP contribution in [0, 0.1) is 5.82 Å². The molecule has 9 nitrogen and oxygen atoms in total. The van der Waals surface area contributed by atoms with E-state index < -0.39 is 35.6 Å². The summed E-state index contributed by atoms with van der Waals surface area (Å²) < 4.78 is 19.7. The third-order valence-corrected chi connectivity index (χ3v) is 5.48. The first-order valence-electron chi connectivity index (χ1n) is 12.0. The Morgan fingerprint density at radius 2 is 1.69 bits per heavy atom. The number of aromatic nitrogens is 2. The van der Waals surface area contributed by atoms with Crippen LogP contribution in [0.3, 0.4) is 0 Å². The monoisotopic (exact) mass is 530 g/mol. The minimum absolute atomic E-state index is 0.0493. The zero-order valence-corrected chi connectivity index (χ0v) is 21.5. The van der Waals surface area contributed by atoms with Gasteiger partial charge in [-0.1, -0.05) is 30.3 Å². The number of nitrogens with zero attached hydrogens (tertiary/aromatic N) is 1. The van der Waals surface area contributed by atoms with Gasteiger partial charge in [0.2, 0.25) is 5.91 Å². The van der Waals surface area contributed by atoms with Gasteiger partial charge in [0.15, 0.2) is 5.78 Å². The van der Waals surface area contributed by atoms with E-state index in [0.717, 1.165) is 0 Å². The van der Waals surface area contributed by atoms with Crippen LogP contribution in [0.15, 0.2) is 73.1 Å². The fourth-order valence-corrected chi connectivity index (χ4v) is 3.88. The first-order valence-corrected chi connectivity index (χ1v) is 12.0. The van der Waals surface area contributed by atoms with E-state index in [0.29, 0.717) is 33.8 Å². The number of halogens is 1. The van der Waals surface area contributed by atoms with Crippen LogP contribution in [0.4, 0.5) is 20.6 Å². The van der Waals surface area contributed by atoms with Gasteiger partial charge in [-0.2, -0.15) is 0 Å². The Kier molecular flexibility index (Phi) is 7.75. The molecule has 0 radical (unpaired) electrons. The molecule has 3 aromatic carbocycles. The molecule has 0 spiro atoms. The molecule has 1 heterocycles. The summed E-state index contributed by atoms with van der Waals surface area (Å²) in [5, 5.41) is 14.3. The number of hydrogen-bond donors (Lipinski definition) is 4. The molecule has 0 aliphatic heterocycles. The maximum atomic E-state index is 13.6. The molecule has 200 valence electrons. The zero-order chi connectivity index (χ0) is 28.2. The Morgan fingerprint density at radius 3 is 2.33 bits per heavy atom. The standard InChI is InChI=1S/C29H27FN4O5/c1-29(2,3)39-25-15-23(34-28(37)38)22(14-21(25)17-7-9-20(30)10-8-17)33-26(36)16-24(35)18-5-4-6-19(13-18)27-31-11-12-32-27/h4-15,34H,16H2,1-3H3,(H,31,32)(H,33,36)(H,37,38). The molecular formula is C29H27FN4O5. The molecule has 0 bridgehead atoms. The van der Waals surface area contributed by atoms with Crippen LogP contribution in [0.25, 0.3) is 22.5 Å². The number of Topliss-reactive ketones (excluding diaryl/α,β-unsaturated/α-hetero) is 1. The lowest BCUT2D eigenvalue weighted by Gasteiger charge is -2.25. The van der Waals surface area contributed by atoms with Crippen LogP contribution in [-0.4, -0.2) is 38.5 Å². The number of aromatic amines is 1. The van der Waals surface area contributed by atoms with Gasteiger partial charge in [0.05, 0.1) is 17.8 Å². The largest absolute Gasteiger partial charge is 0.487 e. The second-order valence-electron chi connectivity index (χ2n) is 9.71. The molecule has 0 atom stereocenters. The molecule has 0 fully saturated rings. The number of carboxylic acid groups (broad SMARTS) is 1. The van der Waals surface area contributed by atoms with Crippen molar-refractivity contribution in [3.05, 3.63) is 84.4 Å². The van der Waals surface area contributed by atoms with Crippen LogP contribution in [0.2, 0.25) is 0 Å². The van der Waals surface area contributed by atoms with Crippen molar-refractivity contribution in [1.82, 2.24) is 9.97 Å². The summed E-state index contributed by atoms with van der Waals surface area (Å²) in [6, 6.07) is 15.4. The predicted octanol–water partition coefficient (Wildman–Crippen LogP) is 6.36. The average Bonchev–Trinajstić information content (AvgIpc) is 3.40. The van der Waals surface area contributed by atoms with E-state index in [-0.39, 0.29) is 11.4 Å². The Balaban J connectivity index is 1.64. The molecule has 1 aromatic heterocycles. The molecule has 39 heavy (non-hydrogen) atoms. The number of amides is 2. The number of carbonyl (C=O) groups is 3. The number of anilines is 2. The summed E-state index contributed by atoms with van der Waals surface area (Å²) in [7, 11) is 0. The molecule has 0 saturated carbocycles. The van der Waals surface area contributed by atoms with Gasteiger partial charge >= 0.3 is 6.09 Å². The lowest BCUT2D eigenvalue weighted by atomic mass is 10.0. The first kappa shape index (κ1) is 27.1. The highest BCUT2D eigenvalue weighted by molar-refractivity contribution is 6.12. The molecule has 4 aromatic rings. The third-order valence-electron chi connectivity index (χ3n) is 5.48. The lowest BCUT2D eigenvalue weighted by molar-refractivity contribution is -0.115. The second kappa shape index (κ2) is 11.2. The molecule has 2 amide bonds. The molecule has 0 unspecified atom stereocenters. The fraction of sp³-hybridized carbons (Fsp3) is 0.172. The number of benzene rings is 3. The molecular weight excluding hydrogens is 503 g/mol. The average molecular weight is 531 g/mol. The van der Waals surface area contributed by atoms with Gasteiger partial charge in [-0.25, -0.2) is 14.2 Å². The quantitative estimate of drug-likeness (QED) is 0.155. The molecule has 4 N–H and O–H groups in total. The number of ether oxygens (including phenoxy) is 1.